The van der Waals surface area contributed by atoms with Crippen LogP contribution in [0.25, 0.3) is 16.6 Å². The Morgan fingerprint density at radius 1 is 1.30 bits per heavy atom. The summed E-state index contributed by atoms with van der Waals surface area (Å²) in [6, 6.07) is 3.71. The first-order chi connectivity index (χ1) is 15.6. The molecule has 1 atom stereocenters. The van der Waals surface area contributed by atoms with E-state index < -0.39 is 34.5 Å². The Hall–Kier alpha value is -3.60. The first kappa shape index (κ1) is 21.3. The van der Waals surface area contributed by atoms with Crippen molar-refractivity contribution in [1.82, 2.24) is 19.3 Å². The summed E-state index contributed by atoms with van der Waals surface area (Å²) in [5, 5.41) is -0.577. The zero-order valence-electron chi connectivity index (χ0n) is 16.8. The number of fused-ring (bicyclic) bond motifs is 4. The molecule has 0 saturated carbocycles. The number of amides is 1. The number of hydrogen-bond donors (Lipinski definition) is 1. The molecular formula is C21H14ClF4N5O2. The van der Waals surface area contributed by atoms with Gasteiger partial charge < -0.3 is 15.4 Å². The highest BCUT2D eigenvalue weighted by atomic mass is 35.5. The normalized spacial score (nSPS) is 15.6. The lowest BCUT2D eigenvalue weighted by molar-refractivity contribution is -0.137. The molecule has 1 unspecified atom stereocenters. The maximum absolute atomic E-state index is 14.9. The number of rotatable bonds is 2. The number of carbonyl (C=O) groups excluding carboxylic acids is 1. The number of anilines is 1. The summed E-state index contributed by atoms with van der Waals surface area (Å²) in [5.41, 5.74) is 6.03. The van der Waals surface area contributed by atoms with Crippen molar-refractivity contribution in [2.45, 2.75) is 12.2 Å². The van der Waals surface area contributed by atoms with Gasteiger partial charge in [0.05, 0.1) is 45.7 Å². The van der Waals surface area contributed by atoms with E-state index in [1.165, 1.54) is 36.6 Å². The standard InChI is InChI=1S/C21H14ClF4N5O2/c1-30(16-7-33-18-9(16)2-3-11(17(18)22)21(24,25)26)20(32)10-4-14-13(5-12(10)23)29-19(27)15-6-28-8-31(14)15/h2-6,8,16H,7H2,1H3,(H2,27,29). The quantitative estimate of drug-likeness (QED) is 0.428. The molecule has 1 aliphatic heterocycles. The Morgan fingerprint density at radius 2 is 2.06 bits per heavy atom. The van der Waals surface area contributed by atoms with E-state index in [4.69, 9.17) is 22.1 Å². The number of alkyl halides is 3. The average Bonchev–Trinajstić information content (AvgIpc) is 3.40. The molecule has 5 rings (SSSR count). The molecular weight excluding hydrogens is 466 g/mol. The zero-order chi connectivity index (χ0) is 23.7. The van der Waals surface area contributed by atoms with Gasteiger partial charge in [-0.05, 0) is 12.1 Å². The average molecular weight is 480 g/mol. The second-order valence-corrected chi connectivity index (χ2v) is 7.93. The van der Waals surface area contributed by atoms with Gasteiger partial charge in [0, 0.05) is 18.7 Å². The third-order valence-corrected chi connectivity index (χ3v) is 6.04. The highest BCUT2D eigenvalue weighted by Gasteiger charge is 2.39. The summed E-state index contributed by atoms with van der Waals surface area (Å²) in [7, 11) is 1.41. The number of likely N-dealkylation sites (N-methyl/N-ethyl adjacent to an activating group) is 1. The predicted molar refractivity (Wildman–Crippen MR) is 112 cm³/mol. The number of ether oxygens (including phenoxy) is 1. The number of hydrogen-bond acceptors (Lipinski definition) is 5. The van der Waals surface area contributed by atoms with Crippen LogP contribution in [0.5, 0.6) is 5.75 Å². The molecule has 33 heavy (non-hydrogen) atoms. The lowest BCUT2D eigenvalue weighted by Crippen LogP contribution is -2.32. The summed E-state index contributed by atoms with van der Waals surface area (Å²) in [4.78, 5) is 22.6. The Kier molecular flexibility index (Phi) is 4.64. The van der Waals surface area contributed by atoms with Gasteiger partial charge in [0.2, 0.25) is 0 Å². The number of nitrogens with two attached hydrogens (primary N) is 1. The number of nitrogens with zero attached hydrogens (tertiary/aromatic N) is 4. The summed E-state index contributed by atoms with van der Waals surface area (Å²) in [6.45, 7) is -0.127. The minimum absolute atomic E-state index is 0.127. The fourth-order valence-corrected chi connectivity index (χ4v) is 4.30. The van der Waals surface area contributed by atoms with Gasteiger partial charge >= 0.3 is 6.18 Å². The maximum Gasteiger partial charge on any atom is 0.417 e. The molecule has 2 aromatic heterocycles. The van der Waals surface area contributed by atoms with Gasteiger partial charge in [-0.15, -0.1) is 0 Å². The molecule has 7 nitrogen and oxygen atoms in total. The molecule has 0 saturated heterocycles. The van der Waals surface area contributed by atoms with E-state index in [1.807, 2.05) is 0 Å². The lowest BCUT2D eigenvalue weighted by Gasteiger charge is -2.24. The second kappa shape index (κ2) is 7.20. The molecule has 4 aromatic rings. The Morgan fingerprint density at radius 3 is 2.79 bits per heavy atom. The topological polar surface area (TPSA) is 85.8 Å². The van der Waals surface area contributed by atoms with Crippen molar-refractivity contribution in [3.05, 3.63) is 64.3 Å². The first-order valence-electron chi connectivity index (χ1n) is 9.58. The van der Waals surface area contributed by atoms with E-state index in [1.54, 1.807) is 4.40 Å². The monoisotopic (exact) mass is 479 g/mol. The van der Waals surface area contributed by atoms with Gasteiger partial charge in [-0.3, -0.25) is 9.20 Å². The van der Waals surface area contributed by atoms with Crippen molar-refractivity contribution in [2.24, 2.45) is 0 Å². The molecule has 2 aromatic carbocycles. The molecule has 12 heteroatoms. The van der Waals surface area contributed by atoms with Crippen LogP contribution >= 0.6 is 11.6 Å². The number of halogens is 5. The summed E-state index contributed by atoms with van der Waals surface area (Å²) >= 11 is 5.92. The number of aromatic nitrogens is 3. The molecule has 0 spiro atoms. The highest BCUT2D eigenvalue weighted by molar-refractivity contribution is 6.33. The minimum atomic E-state index is -4.65. The Bertz CT molecular complexity index is 1450. The largest absolute Gasteiger partial charge is 0.489 e. The zero-order valence-corrected chi connectivity index (χ0v) is 17.6. The molecule has 1 aliphatic rings. The number of nitrogen functional groups attached to an aromatic ring is 1. The minimum Gasteiger partial charge on any atom is -0.489 e. The molecule has 0 bridgehead atoms. The molecule has 0 radical (unpaired) electrons. The van der Waals surface area contributed by atoms with Gasteiger partial charge in [0.1, 0.15) is 29.5 Å². The van der Waals surface area contributed by atoms with Crippen LogP contribution < -0.4 is 10.5 Å². The Balaban J connectivity index is 1.54. The second-order valence-electron chi connectivity index (χ2n) is 7.55. The van der Waals surface area contributed by atoms with Crippen LogP contribution in [0.1, 0.15) is 27.5 Å². The van der Waals surface area contributed by atoms with Crippen LogP contribution in [-0.2, 0) is 6.18 Å². The molecule has 0 aliphatic carbocycles. The van der Waals surface area contributed by atoms with Crippen LogP contribution in [0, 0.1) is 5.82 Å². The van der Waals surface area contributed by atoms with Gasteiger partial charge in [0.25, 0.3) is 5.91 Å². The van der Waals surface area contributed by atoms with E-state index in [9.17, 15) is 22.4 Å². The number of imidazole rings is 1. The van der Waals surface area contributed by atoms with E-state index in [0.29, 0.717) is 16.6 Å². The van der Waals surface area contributed by atoms with Crippen LogP contribution in [0.15, 0.2) is 36.8 Å². The molecule has 170 valence electrons. The number of benzene rings is 2. The van der Waals surface area contributed by atoms with Crippen molar-refractivity contribution >= 4 is 39.9 Å². The van der Waals surface area contributed by atoms with Gasteiger partial charge in [0.15, 0.2) is 0 Å². The lowest BCUT2D eigenvalue weighted by atomic mass is 10.0. The van der Waals surface area contributed by atoms with Crippen molar-refractivity contribution in [1.29, 1.82) is 0 Å². The fourth-order valence-electron chi connectivity index (χ4n) is 3.96. The van der Waals surface area contributed by atoms with Crippen molar-refractivity contribution < 1.29 is 27.1 Å². The highest BCUT2D eigenvalue weighted by Crippen LogP contribution is 2.46. The van der Waals surface area contributed by atoms with E-state index in [0.717, 1.165) is 12.1 Å². The third-order valence-electron chi connectivity index (χ3n) is 5.66. The van der Waals surface area contributed by atoms with Crippen LogP contribution in [0.2, 0.25) is 5.02 Å². The van der Waals surface area contributed by atoms with Crippen LogP contribution in [0.3, 0.4) is 0 Å². The van der Waals surface area contributed by atoms with Gasteiger partial charge in [-0.25, -0.2) is 14.4 Å². The third kappa shape index (κ3) is 3.22. The fraction of sp³-hybridized carbons (Fsp3) is 0.190. The summed E-state index contributed by atoms with van der Waals surface area (Å²) in [6.07, 6.45) is -1.70. The van der Waals surface area contributed by atoms with Crippen LogP contribution in [-0.4, -0.2) is 38.8 Å². The Labute approximate surface area is 188 Å². The SMILES string of the molecule is CN(C(=O)c1cc2c(cc1F)nc(N)c1cncn12)C1COc2c1ccc(C(F)(F)F)c2Cl. The smallest absolute Gasteiger partial charge is 0.417 e. The molecule has 0 fully saturated rings. The first-order valence-corrected chi connectivity index (χ1v) is 9.96. The van der Waals surface area contributed by atoms with E-state index in [2.05, 4.69) is 9.97 Å². The van der Waals surface area contributed by atoms with Crippen molar-refractivity contribution in [2.75, 3.05) is 19.4 Å². The summed E-state index contributed by atoms with van der Waals surface area (Å²) in [5.74, 6) is -1.51. The van der Waals surface area contributed by atoms with Gasteiger partial charge in [-0.1, -0.05) is 17.7 Å². The predicted octanol–water partition coefficient (Wildman–Crippen LogP) is 4.48. The van der Waals surface area contributed by atoms with Crippen molar-refractivity contribution in [3.63, 3.8) is 0 Å². The van der Waals surface area contributed by atoms with Crippen molar-refractivity contribution in [3.8, 4) is 5.75 Å². The molecule has 3 heterocycles. The summed E-state index contributed by atoms with van der Waals surface area (Å²) < 4.78 is 61.3. The molecule has 1 amide bonds. The number of carbonyl (C=O) groups is 1. The van der Waals surface area contributed by atoms with E-state index in [-0.39, 0.29) is 29.3 Å². The van der Waals surface area contributed by atoms with Crippen LogP contribution in [0.4, 0.5) is 23.4 Å². The van der Waals surface area contributed by atoms with E-state index >= 15 is 0 Å². The van der Waals surface area contributed by atoms with Gasteiger partial charge in [-0.2, -0.15) is 13.2 Å². The maximum atomic E-state index is 14.9. The molecule has 2 N–H and O–H groups in total.